The first-order valence-electron chi connectivity index (χ1n) is 0.900. The van der Waals surface area contributed by atoms with Crippen molar-refractivity contribution in [2.24, 2.45) is 0 Å². The van der Waals surface area contributed by atoms with Crippen molar-refractivity contribution < 1.29 is 5.11 Å². The average Bonchev–Trinajstić information content (AvgIpc) is 1.38. The van der Waals surface area contributed by atoms with Crippen LogP contribution in [0.15, 0.2) is 10.2 Å². The quantitative estimate of drug-likeness (QED) is 0.477. The van der Waals surface area contributed by atoms with Crippen LogP contribution in [0.3, 0.4) is 0 Å². The van der Waals surface area contributed by atoms with E-state index >= 15 is 0 Å². The molecule has 0 N–H and O–H groups in total. The summed E-state index contributed by atoms with van der Waals surface area (Å²) in [6.07, 6.45) is 0. The molecule has 0 fully saturated rings. The van der Waals surface area contributed by atoms with Gasteiger partial charge in [-0.3, -0.25) is 5.11 Å². The zero-order valence-electron chi connectivity index (χ0n) is 2.24. The molecule has 29 valence electrons. The predicted molar refractivity (Wildman–Crippen MR) is 23.5 cm³/mol. The highest BCUT2D eigenvalue weighted by molar-refractivity contribution is 9.11. The van der Waals surface area contributed by atoms with Crippen molar-refractivity contribution in [3.63, 3.8) is 0 Å². The summed E-state index contributed by atoms with van der Waals surface area (Å²) in [5.74, 6) is 0. The Bertz CT molecular complexity index is 47.6. The van der Waals surface area contributed by atoms with Gasteiger partial charge < -0.3 is 0 Å². The third-order valence-electron chi connectivity index (χ3n) is 0.0858. The standard InChI is InChI=1S/C2HBrClO/c3-1-2(4)5/h1H. The molecule has 0 bridgehead atoms. The summed E-state index contributed by atoms with van der Waals surface area (Å²) < 4.78 is 0. The Hall–Kier alpha value is 0.310. The van der Waals surface area contributed by atoms with Crippen molar-refractivity contribution in [1.82, 2.24) is 0 Å². The molecule has 0 saturated carbocycles. The molecule has 3 heteroatoms. The topological polar surface area (TPSA) is 19.9 Å². The molecule has 0 spiro atoms. The van der Waals surface area contributed by atoms with Crippen LogP contribution in [0.4, 0.5) is 0 Å². The van der Waals surface area contributed by atoms with Gasteiger partial charge in [-0.05, 0) is 11.6 Å². The van der Waals surface area contributed by atoms with Gasteiger partial charge in [-0.2, -0.15) is 0 Å². The molecule has 0 aromatic heterocycles. The maximum atomic E-state index is 9.48. The maximum Gasteiger partial charge on any atom is 0.252 e. The molecule has 1 radical (unpaired) electrons. The molecule has 0 atom stereocenters. The highest BCUT2D eigenvalue weighted by atomic mass is 79.9. The minimum atomic E-state index is -0.481. The van der Waals surface area contributed by atoms with Crippen LogP contribution in [0, 0.1) is 0 Å². The van der Waals surface area contributed by atoms with Gasteiger partial charge in [0.1, 0.15) is 0 Å². The van der Waals surface area contributed by atoms with Gasteiger partial charge in [0.05, 0.1) is 0 Å². The molecule has 0 aromatic carbocycles. The monoisotopic (exact) mass is 155 g/mol. The summed E-state index contributed by atoms with van der Waals surface area (Å²) in [7, 11) is 0. The van der Waals surface area contributed by atoms with Gasteiger partial charge in [0, 0.05) is 4.99 Å². The van der Waals surface area contributed by atoms with Crippen molar-refractivity contribution in [1.29, 1.82) is 0 Å². The van der Waals surface area contributed by atoms with Crippen LogP contribution in [-0.4, -0.2) is 0 Å². The van der Waals surface area contributed by atoms with Crippen molar-refractivity contribution in [2.45, 2.75) is 0 Å². The molecule has 0 rings (SSSR count). The highest BCUT2D eigenvalue weighted by Gasteiger charge is 1.75. The lowest BCUT2D eigenvalue weighted by Gasteiger charge is -1.62. The summed E-state index contributed by atoms with van der Waals surface area (Å²) in [5, 5.41) is 8.99. The van der Waals surface area contributed by atoms with Crippen molar-refractivity contribution in [3.8, 4) is 0 Å². The van der Waals surface area contributed by atoms with Crippen molar-refractivity contribution >= 4 is 27.5 Å². The minimum Gasteiger partial charge on any atom is -0.276 e. The fourth-order valence-corrected chi connectivity index (χ4v) is 0. The molecular weight excluding hydrogens is 155 g/mol. The second-order valence-electron chi connectivity index (χ2n) is 0.413. The largest absolute Gasteiger partial charge is 0.276 e. The maximum absolute atomic E-state index is 9.48. The van der Waals surface area contributed by atoms with Gasteiger partial charge in [0.15, 0.2) is 0 Å². The Labute approximate surface area is 43.4 Å². The van der Waals surface area contributed by atoms with E-state index in [1.807, 2.05) is 0 Å². The Morgan fingerprint density at radius 1 is 2.00 bits per heavy atom. The Morgan fingerprint density at radius 3 is 2.20 bits per heavy atom. The first-order valence-corrected chi connectivity index (χ1v) is 2.19. The fourth-order valence-electron chi connectivity index (χ4n) is 0. The van der Waals surface area contributed by atoms with Gasteiger partial charge in [0.25, 0.3) is 5.22 Å². The molecular formula is C2HBrClO. The Balaban J connectivity index is 3.14. The number of hydrogen-bond acceptors (Lipinski definition) is 0. The lowest BCUT2D eigenvalue weighted by atomic mass is 11.2. The van der Waals surface area contributed by atoms with Gasteiger partial charge in [-0.1, -0.05) is 15.9 Å². The van der Waals surface area contributed by atoms with Crippen LogP contribution in [0.25, 0.3) is 0 Å². The van der Waals surface area contributed by atoms with Crippen LogP contribution >= 0.6 is 27.5 Å². The van der Waals surface area contributed by atoms with Crippen LogP contribution in [-0.2, 0) is 5.11 Å². The van der Waals surface area contributed by atoms with E-state index in [0.29, 0.717) is 0 Å². The molecule has 1 nitrogen and oxygen atoms in total. The summed E-state index contributed by atoms with van der Waals surface area (Å²) in [5.41, 5.74) is 0. The van der Waals surface area contributed by atoms with E-state index in [1.54, 1.807) is 0 Å². The van der Waals surface area contributed by atoms with Gasteiger partial charge in [-0.15, -0.1) is 0 Å². The molecule has 0 aliphatic heterocycles. The van der Waals surface area contributed by atoms with Crippen LogP contribution < -0.4 is 0 Å². The summed E-state index contributed by atoms with van der Waals surface area (Å²) in [4.78, 5) is 1.11. The predicted octanol–water partition coefficient (Wildman–Crippen LogP) is 1.85. The third-order valence-corrected chi connectivity index (χ3v) is 0.874. The van der Waals surface area contributed by atoms with Crippen LogP contribution in [0.5, 0.6) is 0 Å². The smallest absolute Gasteiger partial charge is 0.252 e. The normalized spacial score (nSPS) is 12.0. The average molecular weight is 156 g/mol. The Kier molecular flexibility index (Phi) is 2.70. The first kappa shape index (κ1) is 5.31. The number of rotatable bonds is 0. The van der Waals surface area contributed by atoms with Gasteiger partial charge in [0.2, 0.25) is 0 Å². The minimum absolute atomic E-state index is 0.481. The number of halogens is 2. The van der Waals surface area contributed by atoms with E-state index < -0.39 is 5.22 Å². The molecule has 0 heterocycles. The van der Waals surface area contributed by atoms with E-state index in [1.165, 1.54) is 0 Å². The molecule has 0 saturated heterocycles. The van der Waals surface area contributed by atoms with Gasteiger partial charge >= 0.3 is 0 Å². The zero-order chi connectivity index (χ0) is 4.28. The molecule has 0 amide bonds. The second kappa shape index (κ2) is 2.54. The Morgan fingerprint density at radius 2 is 2.20 bits per heavy atom. The SMILES string of the molecule is [O]C(Cl)=CBr. The molecule has 0 aliphatic rings. The molecule has 5 heavy (non-hydrogen) atoms. The molecule has 0 aliphatic carbocycles. The van der Waals surface area contributed by atoms with E-state index in [9.17, 15) is 5.11 Å². The fraction of sp³-hybridized carbons (Fsp3) is 0. The van der Waals surface area contributed by atoms with Crippen LogP contribution in [0.1, 0.15) is 0 Å². The van der Waals surface area contributed by atoms with Gasteiger partial charge in [-0.25, -0.2) is 0 Å². The van der Waals surface area contributed by atoms with Crippen LogP contribution in [0.2, 0.25) is 0 Å². The second-order valence-corrected chi connectivity index (χ2v) is 1.24. The van der Waals surface area contributed by atoms with E-state index in [0.717, 1.165) is 4.99 Å². The summed E-state index contributed by atoms with van der Waals surface area (Å²) in [6.45, 7) is 0. The van der Waals surface area contributed by atoms with Crippen molar-refractivity contribution in [2.75, 3.05) is 0 Å². The zero-order valence-corrected chi connectivity index (χ0v) is 4.58. The highest BCUT2D eigenvalue weighted by Crippen LogP contribution is 1.97. The molecule has 0 unspecified atom stereocenters. The van der Waals surface area contributed by atoms with E-state index in [2.05, 4.69) is 15.9 Å². The molecule has 0 aromatic rings. The summed E-state index contributed by atoms with van der Waals surface area (Å²) >= 11 is 7.43. The van der Waals surface area contributed by atoms with Crippen molar-refractivity contribution in [3.05, 3.63) is 10.2 Å². The first-order chi connectivity index (χ1) is 2.27. The number of hydrogen-bond donors (Lipinski definition) is 0. The lowest BCUT2D eigenvalue weighted by Crippen LogP contribution is -1.47. The van der Waals surface area contributed by atoms with E-state index in [4.69, 9.17) is 11.6 Å². The summed E-state index contributed by atoms with van der Waals surface area (Å²) in [6, 6.07) is 0. The lowest BCUT2D eigenvalue weighted by molar-refractivity contribution is 0.334. The third kappa shape index (κ3) is 4.31. The van der Waals surface area contributed by atoms with E-state index in [-0.39, 0.29) is 0 Å².